The van der Waals surface area contributed by atoms with Crippen LogP contribution in [-0.4, -0.2) is 36.6 Å². The van der Waals surface area contributed by atoms with Crippen LogP contribution >= 0.6 is 11.3 Å². The quantitative estimate of drug-likeness (QED) is 0.803. The summed E-state index contributed by atoms with van der Waals surface area (Å²) in [6.45, 7) is 6.85. The standard InChI is InChI=1S/C14H25N3S/c1-3-14-16-11-13(18-14)10-15-7-4-12-5-8-17(2)9-6-12/h11-12,15H,3-10H2,1-2H3. The molecule has 4 heteroatoms. The van der Waals surface area contributed by atoms with Crippen molar-refractivity contribution in [2.24, 2.45) is 5.92 Å². The van der Waals surface area contributed by atoms with Crippen LogP contribution in [0, 0.1) is 5.92 Å². The molecule has 0 saturated carbocycles. The average Bonchev–Trinajstić information content (AvgIpc) is 2.85. The van der Waals surface area contributed by atoms with Crippen molar-refractivity contribution in [3.63, 3.8) is 0 Å². The second kappa shape index (κ2) is 7.22. The molecule has 0 bridgehead atoms. The molecule has 0 amide bonds. The van der Waals surface area contributed by atoms with E-state index in [1.54, 1.807) is 0 Å². The molecule has 102 valence electrons. The fourth-order valence-electron chi connectivity index (χ4n) is 2.46. The third-order valence-electron chi connectivity index (χ3n) is 3.77. The number of thiazole rings is 1. The van der Waals surface area contributed by atoms with Crippen LogP contribution in [-0.2, 0) is 13.0 Å². The zero-order valence-electron chi connectivity index (χ0n) is 11.6. The van der Waals surface area contributed by atoms with Gasteiger partial charge in [0.05, 0.1) is 5.01 Å². The van der Waals surface area contributed by atoms with E-state index in [0.717, 1.165) is 25.4 Å². The van der Waals surface area contributed by atoms with Crippen molar-refractivity contribution in [2.75, 3.05) is 26.7 Å². The van der Waals surface area contributed by atoms with Gasteiger partial charge in [-0.15, -0.1) is 11.3 Å². The summed E-state index contributed by atoms with van der Waals surface area (Å²) in [7, 11) is 2.23. The van der Waals surface area contributed by atoms with Crippen LogP contribution in [0.1, 0.15) is 36.1 Å². The fourth-order valence-corrected chi connectivity index (χ4v) is 3.29. The summed E-state index contributed by atoms with van der Waals surface area (Å²) >= 11 is 1.84. The minimum Gasteiger partial charge on any atom is -0.312 e. The predicted octanol–water partition coefficient (Wildman–Crippen LogP) is 2.53. The maximum Gasteiger partial charge on any atom is 0.0925 e. The van der Waals surface area contributed by atoms with E-state index in [1.807, 2.05) is 17.5 Å². The molecule has 1 saturated heterocycles. The summed E-state index contributed by atoms with van der Waals surface area (Å²) in [6, 6.07) is 0. The molecule has 3 nitrogen and oxygen atoms in total. The van der Waals surface area contributed by atoms with Gasteiger partial charge in [0.15, 0.2) is 0 Å². The molecular weight excluding hydrogens is 242 g/mol. The van der Waals surface area contributed by atoms with Gasteiger partial charge in [0.25, 0.3) is 0 Å². The molecule has 0 aliphatic carbocycles. The molecule has 2 heterocycles. The van der Waals surface area contributed by atoms with E-state index in [9.17, 15) is 0 Å². The lowest BCUT2D eigenvalue weighted by atomic mass is 9.94. The summed E-state index contributed by atoms with van der Waals surface area (Å²) in [5.74, 6) is 0.932. The van der Waals surface area contributed by atoms with E-state index in [4.69, 9.17) is 0 Å². The highest BCUT2D eigenvalue weighted by atomic mass is 32.1. The van der Waals surface area contributed by atoms with E-state index in [2.05, 4.69) is 29.2 Å². The summed E-state index contributed by atoms with van der Waals surface area (Å²) < 4.78 is 0. The van der Waals surface area contributed by atoms with Crippen molar-refractivity contribution in [3.05, 3.63) is 16.1 Å². The average molecular weight is 267 g/mol. The smallest absolute Gasteiger partial charge is 0.0925 e. The van der Waals surface area contributed by atoms with Gasteiger partial charge in [-0.1, -0.05) is 6.92 Å². The van der Waals surface area contributed by atoms with E-state index in [0.29, 0.717) is 0 Å². The maximum absolute atomic E-state index is 4.38. The number of nitrogens with zero attached hydrogens (tertiary/aromatic N) is 2. The predicted molar refractivity (Wildman–Crippen MR) is 78.0 cm³/mol. The van der Waals surface area contributed by atoms with E-state index in [1.165, 1.54) is 42.2 Å². The molecule has 1 aliphatic heterocycles. The first-order valence-electron chi connectivity index (χ1n) is 7.10. The van der Waals surface area contributed by atoms with Gasteiger partial charge in [-0.3, -0.25) is 0 Å². The first kappa shape index (κ1) is 14.0. The SMILES string of the molecule is CCc1ncc(CNCCC2CCN(C)CC2)s1. The molecule has 1 aromatic heterocycles. The summed E-state index contributed by atoms with van der Waals surface area (Å²) in [5.41, 5.74) is 0. The first-order chi connectivity index (χ1) is 8.78. The Bertz CT molecular complexity index is 343. The second-order valence-electron chi connectivity index (χ2n) is 5.29. The lowest BCUT2D eigenvalue weighted by molar-refractivity contribution is 0.211. The number of hydrogen-bond donors (Lipinski definition) is 1. The number of aromatic nitrogens is 1. The maximum atomic E-state index is 4.38. The van der Waals surface area contributed by atoms with Gasteiger partial charge >= 0.3 is 0 Å². The molecule has 0 spiro atoms. The highest BCUT2D eigenvalue weighted by Gasteiger charge is 2.15. The first-order valence-corrected chi connectivity index (χ1v) is 7.92. The third kappa shape index (κ3) is 4.34. The zero-order valence-corrected chi connectivity index (χ0v) is 12.4. The van der Waals surface area contributed by atoms with Crippen molar-refractivity contribution in [1.82, 2.24) is 15.2 Å². The van der Waals surface area contributed by atoms with Gasteiger partial charge in [-0.2, -0.15) is 0 Å². The number of likely N-dealkylation sites (tertiary alicyclic amines) is 1. The molecule has 0 aromatic carbocycles. The summed E-state index contributed by atoms with van der Waals surface area (Å²) in [4.78, 5) is 8.19. The monoisotopic (exact) mass is 267 g/mol. The van der Waals surface area contributed by atoms with Crippen LogP contribution in [0.3, 0.4) is 0 Å². The topological polar surface area (TPSA) is 28.2 Å². The van der Waals surface area contributed by atoms with Gasteiger partial charge < -0.3 is 10.2 Å². The molecule has 18 heavy (non-hydrogen) atoms. The minimum atomic E-state index is 0.932. The number of aryl methyl sites for hydroxylation is 1. The van der Waals surface area contributed by atoms with Crippen molar-refractivity contribution < 1.29 is 0 Å². The second-order valence-corrected chi connectivity index (χ2v) is 6.49. The van der Waals surface area contributed by atoms with Gasteiger partial charge in [0.2, 0.25) is 0 Å². The lowest BCUT2D eigenvalue weighted by Crippen LogP contribution is -2.31. The molecule has 0 radical (unpaired) electrons. The number of piperidine rings is 1. The molecule has 1 aromatic rings. The molecule has 0 unspecified atom stereocenters. The van der Waals surface area contributed by atoms with Crippen molar-refractivity contribution in [2.45, 2.75) is 39.2 Å². The fraction of sp³-hybridized carbons (Fsp3) is 0.786. The van der Waals surface area contributed by atoms with Gasteiger partial charge in [0.1, 0.15) is 0 Å². The molecule has 1 aliphatic rings. The Morgan fingerprint density at radius 1 is 1.44 bits per heavy atom. The van der Waals surface area contributed by atoms with Crippen LogP contribution in [0.5, 0.6) is 0 Å². The van der Waals surface area contributed by atoms with E-state index in [-0.39, 0.29) is 0 Å². The summed E-state index contributed by atoms with van der Waals surface area (Å²) in [5, 5.41) is 4.81. The largest absolute Gasteiger partial charge is 0.312 e. The number of nitrogens with one attached hydrogen (secondary N) is 1. The van der Waals surface area contributed by atoms with Gasteiger partial charge in [-0.05, 0) is 58.3 Å². The van der Waals surface area contributed by atoms with Crippen LogP contribution < -0.4 is 5.32 Å². The van der Waals surface area contributed by atoms with Crippen molar-refractivity contribution in [3.8, 4) is 0 Å². The Labute approximate surface area is 115 Å². The highest BCUT2D eigenvalue weighted by molar-refractivity contribution is 7.11. The summed E-state index contributed by atoms with van der Waals surface area (Å²) in [6.07, 6.45) is 7.15. The van der Waals surface area contributed by atoms with Crippen LogP contribution in [0.2, 0.25) is 0 Å². The van der Waals surface area contributed by atoms with Crippen molar-refractivity contribution >= 4 is 11.3 Å². The molecule has 1 fully saturated rings. The number of rotatable bonds is 6. The zero-order chi connectivity index (χ0) is 12.8. The van der Waals surface area contributed by atoms with Gasteiger partial charge in [-0.25, -0.2) is 4.98 Å². The van der Waals surface area contributed by atoms with Crippen LogP contribution in [0.4, 0.5) is 0 Å². The normalized spacial score (nSPS) is 18.3. The minimum absolute atomic E-state index is 0.932. The molecular formula is C14H25N3S. The van der Waals surface area contributed by atoms with Crippen molar-refractivity contribution in [1.29, 1.82) is 0 Å². The van der Waals surface area contributed by atoms with Gasteiger partial charge in [0, 0.05) is 17.6 Å². The Kier molecular flexibility index (Phi) is 5.60. The molecule has 0 atom stereocenters. The Balaban J connectivity index is 1.58. The Morgan fingerprint density at radius 2 is 2.22 bits per heavy atom. The molecule has 1 N–H and O–H groups in total. The third-order valence-corrected chi connectivity index (χ3v) is 4.91. The lowest BCUT2D eigenvalue weighted by Gasteiger charge is -2.28. The van der Waals surface area contributed by atoms with Crippen LogP contribution in [0.15, 0.2) is 6.20 Å². The Morgan fingerprint density at radius 3 is 2.89 bits per heavy atom. The van der Waals surface area contributed by atoms with Crippen LogP contribution in [0.25, 0.3) is 0 Å². The van der Waals surface area contributed by atoms with E-state index < -0.39 is 0 Å². The van der Waals surface area contributed by atoms with E-state index >= 15 is 0 Å². The number of hydrogen-bond acceptors (Lipinski definition) is 4. The molecule has 2 rings (SSSR count). The highest BCUT2D eigenvalue weighted by Crippen LogP contribution is 2.19. The Hall–Kier alpha value is -0.450.